The molecule has 114 valence electrons. The Kier molecular flexibility index (Phi) is 6.15. The van der Waals surface area contributed by atoms with E-state index in [1.165, 1.54) is 0 Å². The van der Waals surface area contributed by atoms with E-state index in [1.807, 2.05) is 19.1 Å². The highest BCUT2D eigenvalue weighted by Crippen LogP contribution is 2.27. The molecule has 2 rings (SSSR count). The van der Waals surface area contributed by atoms with Gasteiger partial charge in [0.25, 0.3) is 0 Å². The van der Waals surface area contributed by atoms with Crippen LogP contribution in [-0.2, 0) is 6.42 Å². The summed E-state index contributed by atoms with van der Waals surface area (Å²) in [5, 5.41) is 14.9. The first-order chi connectivity index (χ1) is 10.1. The predicted molar refractivity (Wildman–Crippen MR) is 91.1 cm³/mol. The van der Waals surface area contributed by atoms with Crippen molar-refractivity contribution in [1.29, 1.82) is 0 Å². The third kappa shape index (κ3) is 5.06. The molecule has 0 amide bonds. The summed E-state index contributed by atoms with van der Waals surface area (Å²) in [6.07, 6.45) is 2.08. The molecule has 0 fully saturated rings. The molecule has 0 aliphatic rings. The van der Waals surface area contributed by atoms with Crippen LogP contribution in [0.2, 0.25) is 5.02 Å². The molecule has 2 aromatic rings. The highest BCUT2D eigenvalue weighted by atomic mass is 35.5. The Bertz CT molecular complexity index is 581. The minimum atomic E-state index is 0.700. The SMILES string of the molecule is Cc1cc(-c2nnc(CCCNCC(C)C)s2)ccc1Cl. The van der Waals surface area contributed by atoms with Crippen molar-refractivity contribution in [3.63, 3.8) is 0 Å². The van der Waals surface area contributed by atoms with E-state index in [1.54, 1.807) is 11.3 Å². The van der Waals surface area contributed by atoms with Crippen molar-refractivity contribution >= 4 is 22.9 Å². The molecular weight excluding hydrogens is 302 g/mol. The van der Waals surface area contributed by atoms with Gasteiger partial charge in [0.1, 0.15) is 10.0 Å². The monoisotopic (exact) mass is 323 g/mol. The van der Waals surface area contributed by atoms with Gasteiger partial charge in [0.2, 0.25) is 0 Å². The van der Waals surface area contributed by atoms with Gasteiger partial charge in [0, 0.05) is 17.0 Å². The molecule has 3 nitrogen and oxygen atoms in total. The summed E-state index contributed by atoms with van der Waals surface area (Å²) in [6, 6.07) is 5.99. The lowest BCUT2D eigenvalue weighted by atomic mass is 10.1. The van der Waals surface area contributed by atoms with Gasteiger partial charge in [-0.05, 0) is 50.0 Å². The molecule has 1 aromatic heterocycles. The first-order valence-electron chi connectivity index (χ1n) is 7.36. The third-order valence-electron chi connectivity index (χ3n) is 3.17. The summed E-state index contributed by atoms with van der Waals surface area (Å²) in [6.45, 7) is 8.56. The van der Waals surface area contributed by atoms with Crippen molar-refractivity contribution in [2.45, 2.75) is 33.6 Å². The fourth-order valence-corrected chi connectivity index (χ4v) is 3.00. The van der Waals surface area contributed by atoms with Crippen LogP contribution in [0.4, 0.5) is 0 Å². The van der Waals surface area contributed by atoms with Gasteiger partial charge in [-0.1, -0.05) is 42.9 Å². The second kappa shape index (κ2) is 7.87. The average molecular weight is 324 g/mol. The Morgan fingerprint density at radius 1 is 1.29 bits per heavy atom. The van der Waals surface area contributed by atoms with Crippen LogP contribution < -0.4 is 5.32 Å². The molecule has 1 N–H and O–H groups in total. The van der Waals surface area contributed by atoms with Crippen LogP contribution in [0.25, 0.3) is 10.6 Å². The van der Waals surface area contributed by atoms with Crippen LogP contribution in [0.1, 0.15) is 30.8 Å². The van der Waals surface area contributed by atoms with Gasteiger partial charge in [0.15, 0.2) is 0 Å². The molecule has 21 heavy (non-hydrogen) atoms. The normalized spacial score (nSPS) is 11.3. The molecule has 0 saturated carbocycles. The summed E-state index contributed by atoms with van der Waals surface area (Å²) < 4.78 is 0. The number of hydrogen-bond acceptors (Lipinski definition) is 4. The lowest BCUT2D eigenvalue weighted by Gasteiger charge is -2.05. The summed E-state index contributed by atoms with van der Waals surface area (Å²) in [5.74, 6) is 0.700. The van der Waals surface area contributed by atoms with Gasteiger partial charge in [0.05, 0.1) is 0 Å². The second-order valence-corrected chi connectivity index (χ2v) is 7.14. The van der Waals surface area contributed by atoms with E-state index in [4.69, 9.17) is 11.6 Å². The number of aromatic nitrogens is 2. The van der Waals surface area contributed by atoms with Crippen molar-refractivity contribution in [1.82, 2.24) is 15.5 Å². The van der Waals surface area contributed by atoms with E-state index in [9.17, 15) is 0 Å². The number of nitrogens with one attached hydrogen (secondary N) is 1. The van der Waals surface area contributed by atoms with Gasteiger partial charge in [-0.15, -0.1) is 10.2 Å². The molecule has 0 radical (unpaired) electrons. The summed E-state index contributed by atoms with van der Waals surface area (Å²) >= 11 is 7.73. The van der Waals surface area contributed by atoms with Crippen LogP contribution in [0.5, 0.6) is 0 Å². The van der Waals surface area contributed by atoms with Gasteiger partial charge in [-0.3, -0.25) is 0 Å². The van der Waals surface area contributed by atoms with Crippen molar-refractivity contribution in [3.05, 3.63) is 33.8 Å². The fourth-order valence-electron chi connectivity index (χ4n) is 2.00. The zero-order valence-electron chi connectivity index (χ0n) is 12.8. The molecular formula is C16H22ClN3S. The molecule has 0 unspecified atom stereocenters. The number of benzene rings is 1. The molecule has 0 saturated heterocycles. The van der Waals surface area contributed by atoms with Gasteiger partial charge >= 0.3 is 0 Å². The first-order valence-corrected chi connectivity index (χ1v) is 8.55. The molecule has 0 atom stereocenters. The maximum Gasteiger partial charge on any atom is 0.147 e. The quantitative estimate of drug-likeness (QED) is 0.770. The number of aryl methyl sites for hydroxylation is 2. The van der Waals surface area contributed by atoms with E-state index < -0.39 is 0 Å². The summed E-state index contributed by atoms with van der Waals surface area (Å²) in [5.41, 5.74) is 2.17. The first kappa shape index (κ1) is 16.4. The van der Waals surface area contributed by atoms with Gasteiger partial charge < -0.3 is 5.32 Å². The second-order valence-electron chi connectivity index (χ2n) is 5.67. The Morgan fingerprint density at radius 3 is 2.81 bits per heavy atom. The smallest absolute Gasteiger partial charge is 0.147 e. The van der Waals surface area contributed by atoms with E-state index in [0.717, 1.165) is 52.1 Å². The number of hydrogen-bond donors (Lipinski definition) is 1. The third-order valence-corrected chi connectivity index (χ3v) is 4.62. The lowest BCUT2D eigenvalue weighted by Crippen LogP contribution is -2.21. The van der Waals surface area contributed by atoms with E-state index >= 15 is 0 Å². The summed E-state index contributed by atoms with van der Waals surface area (Å²) in [7, 11) is 0. The summed E-state index contributed by atoms with van der Waals surface area (Å²) in [4.78, 5) is 0. The molecule has 0 spiro atoms. The number of rotatable bonds is 7. The van der Waals surface area contributed by atoms with Crippen molar-refractivity contribution in [2.24, 2.45) is 5.92 Å². The highest BCUT2D eigenvalue weighted by molar-refractivity contribution is 7.14. The van der Waals surface area contributed by atoms with E-state index in [0.29, 0.717) is 5.92 Å². The molecule has 5 heteroatoms. The largest absolute Gasteiger partial charge is 0.316 e. The van der Waals surface area contributed by atoms with Gasteiger partial charge in [-0.2, -0.15) is 0 Å². The van der Waals surface area contributed by atoms with Crippen molar-refractivity contribution in [2.75, 3.05) is 13.1 Å². The minimum absolute atomic E-state index is 0.700. The maximum atomic E-state index is 6.05. The van der Waals surface area contributed by atoms with Crippen LogP contribution >= 0.6 is 22.9 Å². The molecule has 1 aromatic carbocycles. The van der Waals surface area contributed by atoms with Crippen molar-refractivity contribution in [3.8, 4) is 10.6 Å². The molecule has 0 aliphatic carbocycles. The predicted octanol–water partition coefficient (Wildman–Crippen LogP) is 4.35. The molecule has 0 bridgehead atoms. The Hall–Kier alpha value is -0.970. The van der Waals surface area contributed by atoms with Gasteiger partial charge in [-0.25, -0.2) is 0 Å². The fraction of sp³-hybridized carbons (Fsp3) is 0.500. The number of halogens is 1. The maximum absolute atomic E-state index is 6.05. The lowest BCUT2D eigenvalue weighted by molar-refractivity contribution is 0.542. The van der Waals surface area contributed by atoms with Crippen LogP contribution in [-0.4, -0.2) is 23.3 Å². The molecule has 0 aliphatic heterocycles. The standard InChI is InChI=1S/C16H22ClN3S/c1-11(2)10-18-8-4-5-15-19-20-16(21-15)13-6-7-14(17)12(3)9-13/h6-7,9,11,18H,4-5,8,10H2,1-3H3. The van der Waals surface area contributed by atoms with Crippen LogP contribution in [0.15, 0.2) is 18.2 Å². The Morgan fingerprint density at radius 2 is 2.10 bits per heavy atom. The minimum Gasteiger partial charge on any atom is -0.316 e. The van der Waals surface area contributed by atoms with Crippen LogP contribution in [0, 0.1) is 12.8 Å². The average Bonchev–Trinajstić information content (AvgIpc) is 2.90. The highest BCUT2D eigenvalue weighted by Gasteiger charge is 2.08. The van der Waals surface area contributed by atoms with Crippen LogP contribution in [0.3, 0.4) is 0 Å². The molecule has 1 heterocycles. The Balaban J connectivity index is 1.87. The zero-order chi connectivity index (χ0) is 15.2. The number of nitrogens with zero attached hydrogens (tertiary/aromatic N) is 2. The topological polar surface area (TPSA) is 37.8 Å². The van der Waals surface area contributed by atoms with Crippen molar-refractivity contribution < 1.29 is 0 Å². The zero-order valence-corrected chi connectivity index (χ0v) is 14.4. The van der Waals surface area contributed by atoms with E-state index in [-0.39, 0.29) is 0 Å². The van der Waals surface area contributed by atoms with E-state index in [2.05, 4.69) is 35.4 Å². The Labute approximate surface area is 135 Å².